The van der Waals surface area contributed by atoms with E-state index in [-0.39, 0.29) is 12.1 Å². The van der Waals surface area contributed by atoms with Gasteiger partial charge in [-0.2, -0.15) is 10.5 Å². The van der Waals surface area contributed by atoms with Crippen molar-refractivity contribution < 1.29 is 22.7 Å². The van der Waals surface area contributed by atoms with Crippen LogP contribution in [0.1, 0.15) is 22.8 Å². The number of nitrogens with zero attached hydrogens (tertiary/aromatic N) is 3. The first-order valence-corrected chi connectivity index (χ1v) is 8.71. The Balaban J connectivity index is 1.76. The number of fused-ring (bicyclic) bond motifs is 1. The maximum Gasteiger partial charge on any atom is 0.573 e. The molecule has 0 aliphatic rings. The molecule has 0 aliphatic heterocycles. The van der Waals surface area contributed by atoms with Crippen molar-refractivity contribution in [3.8, 4) is 17.9 Å². The van der Waals surface area contributed by atoms with Crippen molar-refractivity contribution in [2.24, 2.45) is 0 Å². The Kier molecular flexibility index (Phi) is 5.39. The van der Waals surface area contributed by atoms with Crippen molar-refractivity contribution in [2.45, 2.75) is 25.4 Å². The van der Waals surface area contributed by atoms with Gasteiger partial charge in [0, 0.05) is 22.7 Å². The fourth-order valence-electron chi connectivity index (χ4n) is 2.98. The number of hydrogen-bond acceptors (Lipinski definition) is 4. The number of amides is 1. The van der Waals surface area contributed by atoms with E-state index in [1.807, 2.05) is 0 Å². The Labute approximate surface area is 169 Å². The average molecular weight is 412 g/mol. The normalized spacial score (nSPS) is 13.1. The summed E-state index contributed by atoms with van der Waals surface area (Å²) in [6.45, 7) is 1.67. The van der Waals surface area contributed by atoms with Crippen molar-refractivity contribution >= 4 is 16.8 Å². The van der Waals surface area contributed by atoms with Crippen LogP contribution in [0.2, 0.25) is 0 Å². The standard InChI is InChI=1S/C21H15F3N4O2/c1-20(12-26,13-28-9-8-16-10-14(11-25)2-7-18(16)28)27-19(29)15-3-5-17(6-4-15)30-21(22,23)24/h2-10H,13H2,1H3,(H,27,29). The largest absolute Gasteiger partial charge is 0.573 e. The van der Waals surface area contributed by atoms with Gasteiger partial charge in [0.05, 0.1) is 24.2 Å². The molecule has 1 N–H and O–H groups in total. The summed E-state index contributed by atoms with van der Waals surface area (Å²) >= 11 is 0. The zero-order chi connectivity index (χ0) is 21.9. The predicted octanol–water partition coefficient (Wildman–Crippen LogP) is 4.12. The topological polar surface area (TPSA) is 90.8 Å². The SMILES string of the molecule is CC(C#N)(Cn1ccc2cc(C#N)ccc21)NC(=O)c1ccc(OC(F)(F)F)cc1. The average Bonchev–Trinajstić information content (AvgIpc) is 3.08. The first-order valence-electron chi connectivity index (χ1n) is 8.71. The van der Waals surface area contributed by atoms with Gasteiger partial charge >= 0.3 is 6.36 Å². The minimum atomic E-state index is -4.82. The van der Waals surface area contributed by atoms with Gasteiger partial charge in [0.15, 0.2) is 0 Å². The Hall–Kier alpha value is -3.98. The molecule has 0 radical (unpaired) electrons. The molecule has 6 nitrogen and oxygen atoms in total. The Bertz CT molecular complexity index is 1170. The summed E-state index contributed by atoms with van der Waals surface area (Å²) < 4.78 is 42.3. The molecule has 152 valence electrons. The third kappa shape index (κ3) is 4.70. The van der Waals surface area contributed by atoms with E-state index < -0.39 is 23.6 Å². The number of benzene rings is 2. The summed E-state index contributed by atoms with van der Waals surface area (Å²) in [7, 11) is 0. The zero-order valence-corrected chi connectivity index (χ0v) is 15.7. The van der Waals surface area contributed by atoms with Crippen LogP contribution in [0.15, 0.2) is 54.7 Å². The second-order valence-electron chi connectivity index (χ2n) is 6.80. The molecule has 0 saturated carbocycles. The Morgan fingerprint density at radius 2 is 1.83 bits per heavy atom. The Morgan fingerprint density at radius 3 is 2.43 bits per heavy atom. The summed E-state index contributed by atoms with van der Waals surface area (Å²) in [6.07, 6.45) is -3.08. The van der Waals surface area contributed by atoms with Crippen LogP contribution in [0.4, 0.5) is 13.2 Å². The molecule has 1 atom stereocenters. The van der Waals surface area contributed by atoms with Crippen LogP contribution in [0.5, 0.6) is 5.75 Å². The summed E-state index contributed by atoms with van der Waals surface area (Å²) in [5, 5.41) is 22.1. The van der Waals surface area contributed by atoms with E-state index in [4.69, 9.17) is 5.26 Å². The van der Waals surface area contributed by atoms with Gasteiger partial charge in [-0.25, -0.2) is 0 Å². The van der Waals surface area contributed by atoms with Gasteiger partial charge in [-0.15, -0.1) is 13.2 Å². The first-order chi connectivity index (χ1) is 14.1. The first kappa shape index (κ1) is 20.7. The monoisotopic (exact) mass is 412 g/mol. The third-order valence-corrected chi connectivity index (χ3v) is 4.37. The van der Waals surface area contributed by atoms with Crippen LogP contribution >= 0.6 is 0 Å². The highest BCUT2D eigenvalue weighted by atomic mass is 19.4. The van der Waals surface area contributed by atoms with Gasteiger partial charge in [0.25, 0.3) is 5.91 Å². The minimum Gasteiger partial charge on any atom is -0.406 e. The number of hydrogen-bond donors (Lipinski definition) is 1. The van der Waals surface area contributed by atoms with Crippen LogP contribution in [0.3, 0.4) is 0 Å². The van der Waals surface area contributed by atoms with Crippen molar-refractivity contribution in [2.75, 3.05) is 0 Å². The van der Waals surface area contributed by atoms with E-state index in [0.717, 1.165) is 23.0 Å². The summed E-state index contributed by atoms with van der Waals surface area (Å²) in [5.74, 6) is -1.06. The maximum atomic E-state index is 12.5. The number of ether oxygens (including phenoxy) is 1. The molecule has 0 saturated heterocycles. The highest BCUT2D eigenvalue weighted by molar-refractivity contribution is 5.95. The number of alkyl halides is 3. The van der Waals surface area contributed by atoms with E-state index in [1.165, 1.54) is 12.1 Å². The van der Waals surface area contributed by atoms with Crippen LogP contribution in [0, 0.1) is 22.7 Å². The van der Waals surface area contributed by atoms with Crippen molar-refractivity contribution in [3.63, 3.8) is 0 Å². The van der Waals surface area contributed by atoms with Gasteiger partial charge in [0.1, 0.15) is 11.3 Å². The molecule has 2 aromatic carbocycles. The van der Waals surface area contributed by atoms with Crippen molar-refractivity contribution in [1.82, 2.24) is 9.88 Å². The lowest BCUT2D eigenvalue weighted by Crippen LogP contribution is -2.47. The number of aromatic nitrogens is 1. The number of carbonyl (C=O) groups excluding carboxylic acids is 1. The highest BCUT2D eigenvalue weighted by Crippen LogP contribution is 2.23. The number of nitrogens with one attached hydrogen (secondary N) is 1. The lowest BCUT2D eigenvalue weighted by Gasteiger charge is -2.24. The molecule has 3 aromatic rings. The summed E-state index contributed by atoms with van der Waals surface area (Å²) in [4.78, 5) is 12.5. The number of nitriles is 2. The minimum absolute atomic E-state index is 0.0852. The summed E-state index contributed by atoms with van der Waals surface area (Å²) in [5.41, 5.74) is 0.0906. The van der Waals surface area contributed by atoms with Gasteiger partial charge < -0.3 is 14.6 Å². The van der Waals surface area contributed by atoms with Crippen LogP contribution in [0.25, 0.3) is 10.9 Å². The second-order valence-corrected chi connectivity index (χ2v) is 6.80. The van der Waals surface area contributed by atoms with Gasteiger partial charge in [-0.3, -0.25) is 4.79 Å². The molecule has 0 fully saturated rings. The molecule has 0 bridgehead atoms. The van der Waals surface area contributed by atoms with E-state index in [9.17, 15) is 23.2 Å². The quantitative estimate of drug-likeness (QED) is 0.682. The molecule has 0 spiro atoms. The molecule has 1 unspecified atom stereocenters. The number of halogens is 3. The fraction of sp³-hybridized carbons (Fsp3) is 0.190. The lowest BCUT2D eigenvalue weighted by atomic mass is 10.0. The van der Waals surface area contributed by atoms with Gasteiger partial charge in [-0.1, -0.05) is 0 Å². The van der Waals surface area contributed by atoms with E-state index >= 15 is 0 Å². The van der Waals surface area contributed by atoms with Crippen LogP contribution in [-0.2, 0) is 6.54 Å². The van der Waals surface area contributed by atoms with E-state index in [0.29, 0.717) is 5.56 Å². The highest BCUT2D eigenvalue weighted by Gasteiger charge is 2.31. The third-order valence-electron chi connectivity index (χ3n) is 4.37. The molecular weight excluding hydrogens is 397 g/mol. The molecule has 0 aliphatic carbocycles. The molecule has 3 rings (SSSR count). The molecule has 1 heterocycles. The zero-order valence-electron chi connectivity index (χ0n) is 15.7. The summed E-state index contributed by atoms with van der Waals surface area (Å²) in [6, 6.07) is 15.5. The van der Waals surface area contributed by atoms with Gasteiger partial charge in [0.2, 0.25) is 0 Å². The fourth-order valence-corrected chi connectivity index (χ4v) is 2.98. The molecule has 1 amide bonds. The smallest absolute Gasteiger partial charge is 0.406 e. The second kappa shape index (κ2) is 7.80. The molecule has 9 heteroatoms. The van der Waals surface area contributed by atoms with Crippen LogP contribution in [-0.4, -0.2) is 22.4 Å². The number of carbonyl (C=O) groups is 1. The van der Waals surface area contributed by atoms with E-state index in [2.05, 4.69) is 22.2 Å². The Morgan fingerprint density at radius 1 is 1.13 bits per heavy atom. The molecule has 30 heavy (non-hydrogen) atoms. The molecular formula is C21H15F3N4O2. The van der Waals surface area contributed by atoms with Crippen molar-refractivity contribution in [3.05, 3.63) is 65.9 Å². The molecule has 1 aromatic heterocycles. The van der Waals surface area contributed by atoms with Crippen LogP contribution < -0.4 is 10.1 Å². The predicted molar refractivity (Wildman–Crippen MR) is 101 cm³/mol. The van der Waals surface area contributed by atoms with Gasteiger partial charge in [-0.05, 0) is 55.5 Å². The van der Waals surface area contributed by atoms with Crippen molar-refractivity contribution in [1.29, 1.82) is 10.5 Å². The maximum absolute atomic E-state index is 12.5. The van der Waals surface area contributed by atoms with E-state index in [1.54, 1.807) is 42.0 Å². The number of rotatable bonds is 5. The lowest BCUT2D eigenvalue weighted by molar-refractivity contribution is -0.274.